The van der Waals surface area contributed by atoms with Crippen LogP contribution in [0.5, 0.6) is 0 Å². The first kappa shape index (κ1) is 12.7. The Labute approximate surface area is 109 Å². The second-order valence-corrected chi connectivity index (χ2v) is 5.59. The van der Waals surface area contributed by atoms with Gasteiger partial charge in [0.1, 0.15) is 5.82 Å². The van der Waals surface area contributed by atoms with Crippen LogP contribution >= 0.6 is 23.4 Å². The van der Waals surface area contributed by atoms with Crippen molar-refractivity contribution in [2.75, 3.05) is 16.8 Å². The Morgan fingerprint density at radius 3 is 3.00 bits per heavy atom. The van der Waals surface area contributed by atoms with E-state index in [2.05, 4.69) is 5.32 Å². The van der Waals surface area contributed by atoms with E-state index in [1.807, 2.05) is 0 Å². The molecule has 1 N–H and O–H groups in total. The van der Waals surface area contributed by atoms with Gasteiger partial charge in [-0.15, -0.1) is 0 Å². The number of thioether (sulfide) groups is 1. The second-order valence-electron chi connectivity index (χ2n) is 4.03. The highest BCUT2D eigenvalue weighted by molar-refractivity contribution is 7.99. The van der Waals surface area contributed by atoms with Gasteiger partial charge in [-0.3, -0.25) is 4.79 Å². The summed E-state index contributed by atoms with van der Waals surface area (Å²) in [5.74, 6) is 1.57. The van der Waals surface area contributed by atoms with Crippen molar-refractivity contribution in [3.8, 4) is 0 Å². The summed E-state index contributed by atoms with van der Waals surface area (Å²) in [6.45, 7) is 0. The number of carbonyl (C=O) groups is 1. The van der Waals surface area contributed by atoms with E-state index in [0.717, 1.165) is 24.3 Å². The molecule has 2 nitrogen and oxygen atoms in total. The minimum Gasteiger partial charge on any atom is -0.326 e. The molecular formula is C12H13ClFNOS. The zero-order chi connectivity index (χ0) is 12.3. The summed E-state index contributed by atoms with van der Waals surface area (Å²) >= 11 is 7.45. The van der Waals surface area contributed by atoms with Gasteiger partial charge >= 0.3 is 0 Å². The highest BCUT2D eigenvalue weighted by Crippen LogP contribution is 2.25. The van der Waals surface area contributed by atoms with E-state index in [0.29, 0.717) is 5.69 Å². The summed E-state index contributed by atoms with van der Waals surface area (Å²) in [6, 6.07) is 4.22. The largest absolute Gasteiger partial charge is 0.326 e. The van der Waals surface area contributed by atoms with Gasteiger partial charge in [0.2, 0.25) is 5.91 Å². The van der Waals surface area contributed by atoms with E-state index in [-0.39, 0.29) is 16.8 Å². The van der Waals surface area contributed by atoms with Crippen LogP contribution in [-0.2, 0) is 4.79 Å². The van der Waals surface area contributed by atoms with Gasteiger partial charge in [0.05, 0.1) is 5.02 Å². The van der Waals surface area contributed by atoms with Crippen LogP contribution in [0.4, 0.5) is 10.1 Å². The van der Waals surface area contributed by atoms with E-state index in [9.17, 15) is 9.18 Å². The Kier molecular flexibility index (Phi) is 4.29. The fourth-order valence-electron chi connectivity index (χ4n) is 1.77. The zero-order valence-electron chi connectivity index (χ0n) is 9.21. The van der Waals surface area contributed by atoms with E-state index in [1.54, 1.807) is 11.8 Å². The predicted molar refractivity (Wildman–Crippen MR) is 70.1 cm³/mol. The van der Waals surface area contributed by atoms with Crippen molar-refractivity contribution < 1.29 is 9.18 Å². The molecule has 1 unspecified atom stereocenters. The molecule has 1 aromatic rings. The van der Waals surface area contributed by atoms with Crippen LogP contribution in [0.1, 0.15) is 12.8 Å². The summed E-state index contributed by atoms with van der Waals surface area (Å²) in [5.41, 5.74) is 0.553. The molecule has 5 heteroatoms. The second kappa shape index (κ2) is 5.74. The van der Waals surface area contributed by atoms with Crippen LogP contribution in [0.3, 0.4) is 0 Å². The predicted octanol–water partition coefficient (Wildman–Crippen LogP) is 3.56. The van der Waals surface area contributed by atoms with Gasteiger partial charge in [0, 0.05) is 17.4 Å². The van der Waals surface area contributed by atoms with E-state index in [4.69, 9.17) is 11.6 Å². The molecule has 92 valence electrons. The molecule has 0 spiro atoms. The first-order chi connectivity index (χ1) is 8.16. The lowest BCUT2D eigenvalue weighted by molar-refractivity contribution is -0.119. The Hall–Kier alpha value is -0.740. The fraction of sp³-hybridized carbons (Fsp3) is 0.417. The van der Waals surface area contributed by atoms with E-state index in [1.165, 1.54) is 18.2 Å². The first-order valence-electron chi connectivity index (χ1n) is 5.50. The summed E-state index contributed by atoms with van der Waals surface area (Å²) in [6.07, 6.45) is 2.00. The first-order valence-corrected chi connectivity index (χ1v) is 7.04. The Morgan fingerprint density at radius 2 is 2.35 bits per heavy atom. The number of hydrogen-bond acceptors (Lipinski definition) is 2. The van der Waals surface area contributed by atoms with Crippen molar-refractivity contribution in [3.63, 3.8) is 0 Å². The smallest absolute Gasteiger partial charge is 0.228 e. The van der Waals surface area contributed by atoms with Gasteiger partial charge in [-0.2, -0.15) is 11.8 Å². The van der Waals surface area contributed by atoms with E-state index < -0.39 is 5.82 Å². The molecule has 0 bridgehead atoms. The monoisotopic (exact) mass is 273 g/mol. The molecule has 1 aliphatic heterocycles. The quantitative estimate of drug-likeness (QED) is 0.893. The molecule has 1 aromatic carbocycles. The summed E-state index contributed by atoms with van der Waals surface area (Å²) in [7, 11) is 0. The highest BCUT2D eigenvalue weighted by atomic mass is 35.5. The van der Waals surface area contributed by atoms with Crippen molar-refractivity contribution in [3.05, 3.63) is 29.0 Å². The highest BCUT2D eigenvalue weighted by Gasteiger charge is 2.21. The molecule has 17 heavy (non-hydrogen) atoms. The maximum Gasteiger partial charge on any atom is 0.228 e. The van der Waals surface area contributed by atoms with Gasteiger partial charge in [0.15, 0.2) is 0 Å². The van der Waals surface area contributed by atoms with Crippen molar-refractivity contribution >= 4 is 35.0 Å². The number of anilines is 1. The lowest BCUT2D eigenvalue weighted by Gasteiger charge is -2.20. The molecule has 1 fully saturated rings. The zero-order valence-corrected chi connectivity index (χ0v) is 10.8. The maximum absolute atomic E-state index is 12.9. The normalized spacial score (nSPS) is 20.0. The number of halogens is 2. The standard InChI is InChI=1S/C12H13ClFNOS/c13-10-6-9(3-4-11(10)14)15-12(16)8-2-1-5-17-7-8/h3-4,6,8H,1-2,5,7H2,(H,15,16). The molecule has 0 aromatic heterocycles. The summed E-state index contributed by atoms with van der Waals surface area (Å²) in [4.78, 5) is 11.9. The molecule has 1 aliphatic rings. The maximum atomic E-state index is 12.9. The van der Waals surface area contributed by atoms with Crippen molar-refractivity contribution in [2.24, 2.45) is 5.92 Å². The lowest BCUT2D eigenvalue weighted by Crippen LogP contribution is -2.27. The number of hydrogen-bond donors (Lipinski definition) is 1. The fourth-order valence-corrected chi connectivity index (χ4v) is 3.09. The minimum absolute atomic E-state index is 0.000116. The number of carbonyl (C=O) groups excluding carboxylic acids is 1. The molecule has 1 heterocycles. The SMILES string of the molecule is O=C(Nc1ccc(F)c(Cl)c1)C1CCCSC1. The van der Waals surface area contributed by atoms with E-state index >= 15 is 0 Å². The summed E-state index contributed by atoms with van der Waals surface area (Å²) < 4.78 is 12.9. The van der Waals surface area contributed by atoms with Crippen LogP contribution in [0, 0.1) is 11.7 Å². The van der Waals surface area contributed by atoms with Crippen LogP contribution in [0.15, 0.2) is 18.2 Å². The Balaban J connectivity index is 1.99. The number of benzene rings is 1. The molecule has 1 amide bonds. The third kappa shape index (κ3) is 3.36. The number of rotatable bonds is 2. The summed E-state index contributed by atoms with van der Waals surface area (Å²) in [5, 5.41) is 2.80. The molecular weight excluding hydrogens is 261 g/mol. The van der Waals surface area contributed by atoms with Crippen LogP contribution in [0.25, 0.3) is 0 Å². The molecule has 0 saturated carbocycles. The molecule has 1 atom stereocenters. The molecule has 1 saturated heterocycles. The lowest BCUT2D eigenvalue weighted by atomic mass is 10.0. The van der Waals surface area contributed by atoms with Gasteiger partial charge in [-0.25, -0.2) is 4.39 Å². The van der Waals surface area contributed by atoms with Crippen LogP contribution in [-0.4, -0.2) is 17.4 Å². The molecule has 0 radical (unpaired) electrons. The van der Waals surface area contributed by atoms with Gasteiger partial charge < -0.3 is 5.32 Å². The Bertz CT molecular complexity index is 421. The third-order valence-corrected chi connectivity index (χ3v) is 4.22. The molecule has 2 rings (SSSR count). The van der Waals surface area contributed by atoms with Gasteiger partial charge in [-0.05, 0) is 36.8 Å². The topological polar surface area (TPSA) is 29.1 Å². The Morgan fingerprint density at radius 1 is 1.53 bits per heavy atom. The number of nitrogens with one attached hydrogen (secondary N) is 1. The minimum atomic E-state index is -0.474. The van der Waals surface area contributed by atoms with Crippen molar-refractivity contribution in [1.29, 1.82) is 0 Å². The van der Waals surface area contributed by atoms with Crippen molar-refractivity contribution in [1.82, 2.24) is 0 Å². The third-order valence-electron chi connectivity index (χ3n) is 2.72. The van der Waals surface area contributed by atoms with Crippen LogP contribution < -0.4 is 5.32 Å². The average molecular weight is 274 g/mol. The average Bonchev–Trinajstić information content (AvgIpc) is 2.35. The van der Waals surface area contributed by atoms with Crippen LogP contribution in [0.2, 0.25) is 5.02 Å². The van der Waals surface area contributed by atoms with Crippen molar-refractivity contribution in [2.45, 2.75) is 12.8 Å². The van der Waals surface area contributed by atoms with Gasteiger partial charge in [-0.1, -0.05) is 11.6 Å². The number of amides is 1. The van der Waals surface area contributed by atoms with Gasteiger partial charge in [0.25, 0.3) is 0 Å². The molecule has 0 aliphatic carbocycles.